The topological polar surface area (TPSA) is 98.9 Å². The van der Waals surface area contributed by atoms with Crippen LogP contribution in [0.15, 0.2) is 59.3 Å². The monoisotopic (exact) mass is 324 g/mol. The lowest BCUT2D eigenvalue weighted by atomic mass is 10.0. The zero-order valence-corrected chi connectivity index (χ0v) is 12.6. The number of ether oxygens (including phenoxy) is 1. The Balaban J connectivity index is 1.97. The van der Waals surface area contributed by atoms with Gasteiger partial charge in [0, 0.05) is 16.7 Å². The van der Waals surface area contributed by atoms with Crippen LogP contribution in [0.25, 0.3) is 10.8 Å². The quantitative estimate of drug-likeness (QED) is 0.491. The van der Waals surface area contributed by atoms with Gasteiger partial charge in [0.15, 0.2) is 5.76 Å². The molecule has 0 saturated carbocycles. The highest BCUT2D eigenvalue weighted by molar-refractivity contribution is 6.08. The maximum atomic E-state index is 12.5. The zero-order valence-electron chi connectivity index (χ0n) is 12.6. The Morgan fingerprint density at radius 3 is 2.67 bits per heavy atom. The van der Waals surface area contributed by atoms with Gasteiger partial charge in [0.25, 0.3) is 0 Å². The standard InChI is InChI=1S/C17H12N2O5/c1-10-9-14(15(19(22)23)16(20)18-10)24-17(21)13-8-4-6-11-5-2-3-7-12(11)13/h2-9,15H,1H3. The molecule has 2 aromatic rings. The Kier molecular flexibility index (Phi) is 3.91. The average Bonchev–Trinajstić information content (AvgIpc) is 2.53. The fourth-order valence-corrected chi connectivity index (χ4v) is 2.52. The number of rotatable bonds is 3. The van der Waals surface area contributed by atoms with E-state index >= 15 is 0 Å². The Morgan fingerprint density at radius 2 is 1.92 bits per heavy atom. The summed E-state index contributed by atoms with van der Waals surface area (Å²) in [5, 5.41) is 12.6. The van der Waals surface area contributed by atoms with Gasteiger partial charge in [0.1, 0.15) is 0 Å². The highest BCUT2D eigenvalue weighted by Crippen LogP contribution is 2.22. The van der Waals surface area contributed by atoms with E-state index in [1.165, 1.54) is 13.0 Å². The van der Waals surface area contributed by atoms with Gasteiger partial charge >= 0.3 is 17.9 Å². The summed E-state index contributed by atoms with van der Waals surface area (Å²) < 4.78 is 5.18. The minimum absolute atomic E-state index is 0.249. The van der Waals surface area contributed by atoms with Gasteiger partial charge in [0.2, 0.25) is 0 Å². The molecule has 7 heteroatoms. The Hall–Kier alpha value is -3.35. The van der Waals surface area contributed by atoms with Crippen molar-refractivity contribution in [2.75, 3.05) is 0 Å². The molecule has 2 aromatic carbocycles. The number of amides is 1. The number of esters is 1. The van der Waals surface area contributed by atoms with Gasteiger partial charge in [-0.1, -0.05) is 36.4 Å². The van der Waals surface area contributed by atoms with E-state index in [0.29, 0.717) is 5.39 Å². The van der Waals surface area contributed by atoms with E-state index in [1.807, 2.05) is 18.2 Å². The molecule has 1 heterocycles. The Labute approximate surface area is 136 Å². The molecule has 0 fully saturated rings. The highest BCUT2D eigenvalue weighted by atomic mass is 16.6. The van der Waals surface area contributed by atoms with Crippen LogP contribution in [0.5, 0.6) is 0 Å². The molecule has 0 aliphatic carbocycles. The van der Waals surface area contributed by atoms with E-state index in [1.54, 1.807) is 24.3 Å². The van der Waals surface area contributed by atoms with Gasteiger partial charge in [-0.05, 0) is 23.8 Å². The number of carbonyl (C=O) groups is 2. The molecule has 3 rings (SSSR count). The van der Waals surface area contributed by atoms with Crippen molar-refractivity contribution >= 4 is 28.4 Å². The molecule has 0 radical (unpaired) electrons. The molecule has 1 amide bonds. The number of hydrogen-bond acceptors (Lipinski definition) is 5. The lowest BCUT2D eigenvalue weighted by Gasteiger charge is -2.15. The van der Waals surface area contributed by atoms with Crippen LogP contribution in [-0.2, 0) is 9.53 Å². The van der Waals surface area contributed by atoms with Crippen molar-refractivity contribution < 1.29 is 19.2 Å². The summed E-state index contributed by atoms with van der Waals surface area (Å²) >= 11 is 0. The zero-order chi connectivity index (χ0) is 17.3. The lowest BCUT2D eigenvalue weighted by Crippen LogP contribution is -2.35. The number of allylic oxidation sites excluding steroid dienone is 1. The summed E-state index contributed by atoms with van der Waals surface area (Å²) in [6.07, 6.45) is 1.23. The van der Waals surface area contributed by atoms with Crippen LogP contribution in [0.3, 0.4) is 0 Å². The summed E-state index contributed by atoms with van der Waals surface area (Å²) in [6, 6.07) is 10.5. The van der Waals surface area contributed by atoms with Crippen LogP contribution in [0.2, 0.25) is 0 Å². The molecule has 1 unspecified atom stereocenters. The van der Waals surface area contributed by atoms with Crippen LogP contribution >= 0.6 is 0 Å². The predicted molar refractivity (Wildman–Crippen MR) is 86.3 cm³/mol. The molecule has 0 bridgehead atoms. The second kappa shape index (κ2) is 6.04. The third kappa shape index (κ3) is 2.79. The van der Waals surface area contributed by atoms with Crippen LogP contribution in [0.4, 0.5) is 0 Å². The minimum Gasteiger partial charge on any atom is -0.419 e. The van der Waals surface area contributed by atoms with E-state index in [0.717, 1.165) is 5.39 Å². The second-order valence-corrected chi connectivity index (χ2v) is 5.24. The summed E-state index contributed by atoms with van der Waals surface area (Å²) in [6.45, 7) is 1.50. The molecule has 0 aromatic heterocycles. The van der Waals surface area contributed by atoms with Crippen molar-refractivity contribution in [3.63, 3.8) is 0 Å². The average molecular weight is 324 g/mol. The van der Waals surface area contributed by atoms with Crippen molar-refractivity contribution in [2.24, 2.45) is 4.99 Å². The third-order valence-electron chi connectivity index (χ3n) is 3.57. The van der Waals surface area contributed by atoms with E-state index in [9.17, 15) is 19.7 Å². The highest BCUT2D eigenvalue weighted by Gasteiger charge is 2.39. The third-order valence-corrected chi connectivity index (χ3v) is 3.57. The number of aliphatic imine (C=N–C) groups is 1. The first-order valence-corrected chi connectivity index (χ1v) is 7.11. The molecule has 0 saturated heterocycles. The molecule has 1 atom stereocenters. The van der Waals surface area contributed by atoms with Crippen molar-refractivity contribution in [1.82, 2.24) is 0 Å². The normalized spacial score (nSPS) is 17.2. The SMILES string of the molecule is CC1=NC(=O)C([N+](=O)[O-])C(OC(=O)c2cccc3ccccc23)=C1. The first kappa shape index (κ1) is 15.5. The molecule has 7 nitrogen and oxygen atoms in total. The molecule has 120 valence electrons. The van der Waals surface area contributed by atoms with Crippen LogP contribution in [-0.4, -0.2) is 28.6 Å². The van der Waals surface area contributed by atoms with E-state index < -0.39 is 22.8 Å². The van der Waals surface area contributed by atoms with E-state index in [4.69, 9.17) is 4.74 Å². The molecule has 0 spiro atoms. The molecular formula is C17H12N2O5. The number of dihydropyridines is 1. The van der Waals surface area contributed by atoms with Gasteiger partial charge in [-0.2, -0.15) is 0 Å². The van der Waals surface area contributed by atoms with Crippen molar-refractivity contribution in [3.05, 3.63) is 70.0 Å². The number of nitrogens with zero attached hydrogens (tertiary/aromatic N) is 2. The maximum Gasteiger partial charge on any atom is 0.348 e. The predicted octanol–water partition coefficient (Wildman–Crippen LogP) is 2.53. The van der Waals surface area contributed by atoms with Crippen molar-refractivity contribution in [3.8, 4) is 0 Å². The summed E-state index contributed by atoms with van der Waals surface area (Å²) in [5.74, 6) is -2.04. The molecular weight excluding hydrogens is 312 g/mol. The Bertz CT molecular complexity index is 924. The first-order chi connectivity index (χ1) is 11.5. The molecule has 1 aliphatic heterocycles. The fraction of sp³-hybridized carbons (Fsp3) is 0.118. The van der Waals surface area contributed by atoms with E-state index in [2.05, 4.69) is 4.99 Å². The molecule has 0 N–H and O–H groups in total. The fourth-order valence-electron chi connectivity index (χ4n) is 2.52. The number of hydrogen-bond donors (Lipinski definition) is 0. The summed E-state index contributed by atoms with van der Waals surface area (Å²) in [5.41, 5.74) is 0.516. The maximum absolute atomic E-state index is 12.5. The number of nitro groups is 1. The van der Waals surface area contributed by atoms with Crippen molar-refractivity contribution in [1.29, 1.82) is 0 Å². The second-order valence-electron chi connectivity index (χ2n) is 5.24. The van der Waals surface area contributed by atoms with Gasteiger partial charge in [0.05, 0.1) is 5.56 Å². The van der Waals surface area contributed by atoms with Gasteiger partial charge in [-0.25, -0.2) is 9.79 Å². The number of benzene rings is 2. The van der Waals surface area contributed by atoms with Gasteiger partial charge < -0.3 is 4.74 Å². The molecule has 24 heavy (non-hydrogen) atoms. The Morgan fingerprint density at radius 1 is 1.21 bits per heavy atom. The lowest BCUT2D eigenvalue weighted by molar-refractivity contribution is -0.501. The molecule has 1 aliphatic rings. The largest absolute Gasteiger partial charge is 0.419 e. The van der Waals surface area contributed by atoms with Crippen LogP contribution in [0, 0.1) is 10.1 Å². The van der Waals surface area contributed by atoms with E-state index in [-0.39, 0.29) is 17.0 Å². The van der Waals surface area contributed by atoms with Crippen LogP contribution < -0.4 is 0 Å². The minimum atomic E-state index is -1.80. The summed E-state index contributed by atoms with van der Waals surface area (Å²) in [7, 11) is 0. The van der Waals surface area contributed by atoms with Gasteiger partial charge in [-0.3, -0.25) is 14.9 Å². The van der Waals surface area contributed by atoms with Crippen molar-refractivity contribution in [2.45, 2.75) is 13.0 Å². The summed E-state index contributed by atoms with van der Waals surface area (Å²) in [4.78, 5) is 38.0. The smallest absolute Gasteiger partial charge is 0.348 e. The number of carbonyl (C=O) groups excluding carboxylic acids is 2. The van der Waals surface area contributed by atoms with Crippen LogP contribution in [0.1, 0.15) is 17.3 Å². The number of fused-ring (bicyclic) bond motifs is 1. The first-order valence-electron chi connectivity index (χ1n) is 7.11. The van der Waals surface area contributed by atoms with Gasteiger partial charge in [-0.15, -0.1) is 0 Å².